The third-order valence-corrected chi connectivity index (χ3v) is 3.62. The fourth-order valence-corrected chi connectivity index (χ4v) is 2.25. The summed E-state index contributed by atoms with van der Waals surface area (Å²) in [6, 6.07) is 8.81. The molecule has 0 saturated heterocycles. The van der Waals surface area contributed by atoms with E-state index in [1.165, 1.54) is 32.4 Å². The van der Waals surface area contributed by atoms with Crippen molar-refractivity contribution in [1.82, 2.24) is 0 Å². The molecule has 0 saturated carbocycles. The zero-order valence-electron chi connectivity index (χ0n) is 14.6. The fourth-order valence-electron chi connectivity index (χ4n) is 2.08. The van der Waals surface area contributed by atoms with Crippen molar-refractivity contribution in [3.05, 3.63) is 58.9 Å². The molecule has 142 valence electrons. The summed E-state index contributed by atoms with van der Waals surface area (Å²) in [7, 11) is 3.02. The number of nitrogens with one attached hydrogen (secondary N) is 1. The Hall–Kier alpha value is -3.06. The minimum atomic E-state index is -0.741. The molecule has 8 heteroatoms. The van der Waals surface area contributed by atoms with E-state index in [1.807, 2.05) is 0 Å². The number of anilines is 1. The van der Waals surface area contributed by atoms with Crippen LogP contribution in [0, 0.1) is 5.82 Å². The van der Waals surface area contributed by atoms with Gasteiger partial charge in [0.25, 0.3) is 5.91 Å². The van der Waals surface area contributed by atoms with E-state index in [-0.39, 0.29) is 10.7 Å². The zero-order valence-corrected chi connectivity index (χ0v) is 15.4. The summed E-state index contributed by atoms with van der Waals surface area (Å²) in [5, 5.41) is 2.54. The number of hydrogen-bond acceptors (Lipinski definition) is 5. The average molecular weight is 394 g/mol. The second-order valence-corrected chi connectivity index (χ2v) is 5.66. The first-order valence-electron chi connectivity index (χ1n) is 7.74. The van der Waals surface area contributed by atoms with Gasteiger partial charge in [-0.15, -0.1) is 0 Å². The number of rotatable bonds is 7. The highest BCUT2D eigenvalue weighted by Crippen LogP contribution is 2.25. The normalized spacial score (nSPS) is 10.5. The lowest BCUT2D eigenvalue weighted by molar-refractivity contribution is -0.142. The van der Waals surface area contributed by atoms with E-state index < -0.39 is 24.3 Å². The third-order valence-electron chi connectivity index (χ3n) is 3.39. The number of halogens is 2. The van der Waals surface area contributed by atoms with Gasteiger partial charge in [0.1, 0.15) is 17.3 Å². The van der Waals surface area contributed by atoms with Crippen LogP contribution in [0.5, 0.6) is 11.5 Å². The second kappa shape index (κ2) is 9.59. The number of esters is 1. The molecular formula is C19H17ClFNO5. The van der Waals surface area contributed by atoms with Crippen LogP contribution in [0.3, 0.4) is 0 Å². The average Bonchev–Trinajstić information content (AvgIpc) is 2.67. The van der Waals surface area contributed by atoms with Crippen molar-refractivity contribution in [1.29, 1.82) is 0 Å². The number of amides is 1. The molecule has 0 aliphatic carbocycles. The first-order valence-corrected chi connectivity index (χ1v) is 8.12. The SMILES string of the molecule is COc1ccc(/C=C/C(=O)OCC(=O)Nc2cc(Cl)ccc2F)c(OC)c1. The lowest BCUT2D eigenvalue weighted by Gasteiger charge is -2.08. The van der Waals surface area contributed by atoms with Crippen LogP contribution in [0.15, 0.2) is 42.5 Å². The molecule has 6 nitrogen and oxygen atoms in total. The summed E-state index contributed by atoms with van der Waals surface area (Å²) in [4.78, 5) is 23.5. The van der Waals surface area contributed by atoms with Crippen LogP contribution in [0.4, 0.5) is 10.1 Å². The maximum absolute atomic E-state index is 13.5. The summed E-state index contributed by atoms with van der Waals surface area (Å²) >= 11 is 5.74. The minimum absolute atomic E-state index is 0.0953. The van der Waals surface area contributed by atoms with Gasteiger partial charge in [-0.3, -0.25) is 4.79 Å². The predicted molar refractivity (Wildman–Crippen MR) is 99.6 cm³/mol. The van der Waals surface area contributed by atoms with Crippen molar-refractivity contribution >= 4 is 35.2 Å². The molecule has 0 fully saturated rings. The van der Waals surface area contributed by atoms with Gasteiger partial charge in [-0.05, 0) is 36.4 Å². The van der Waals surface area contributed by atoms with Crippen molar-refractivity contribution in [3.63, 3.8) is 0 Å². The lowest BCUT2D eigenvalue weighted by atomic mass is 10.2. The Morgan fingerprint density at radius 1 is 1.15 bits per heavy atom. The van der Waals surface area contributed by atoms with Crippen molar-refractivity contribution in [2.75, 3.05) is 26.1 Å². The molecule has 0 aliphatic rings. The quantitative estimate of drug-likeness (QED) is 0.573. The highest BCUT2D eigenvalue weighted by atomic mass is 35.5. The molecule has 0 aliphatic heterocycles. The van der Waals surface area contributed by atoms with Crippen molar-refractivity contribution in [2.24, 2.45) is 0 Å². The van der Waals surface area contributed by atoms with E-state index >= 15 is 0 Å². The van der Waals surface area contributed by atoms with Crippen LogP contribution >= 0.6 is 11.6 Å². The Labute approximate surface area is 160 Å². The number of ether oxygens (including phenoxy) is 3. The summed E-state index contributed by atoms with van der Waals surface area (Å²) in [6.45, 7) is -0.575. The molecule has 0 unspecified atom stereocenters. The molecule has 0 heterocycles. The molecule has 0 aromatic heterocycles. The first kappa shape index (κ1) is 20.3. The van der Waals surface area contributed by atoms with Gasteiger partial charge >= 0.3 is 5.97 Å². The van der Waals surface area contributed by atoms with Crippen LogP contribution in [0.25, 0.3) is 6.08 Å². The molecule has 2 aromatic carbocycles. The van der Waals surface area contributed by atoms with Gasteiger partial charge in [-0.25, -0.2) is 9.18 Å². The predicted octanol–water partition coefficient (Wildman–Crippen LogP) is 3.69. The third kappa shape index (κ3) is 6.00. The van der Waals surface area contributed by atoms with Crippen LogP contribution in [0.2, 0.25) is 5.02 Å². The minimum Gasteiger partial charge on any atom is -0.497 e. The van der Waals surface area contributed by atoms with E-state index in [1.54, 1.807) is 18.2 Å². The number of benzene rings is 2. The molecule has 1 amide bonds. The van der Waals surface area contributed by atoms with Gasteiger partial charge in [0, 0.05) is 22.7 Å². The topological polar surface area (TPSA) is 73.9 Å². The van der Waals surface area contributed by atoms with Gasteiger partial charge in [0.05, 0.1) is 19.9 Å². The molecule has 0 spiro atoms. The Morgan fingerprint density at radius 2 is 1.93 bits per heavy atom. The van der Waals surface area contributed by atoms with Crippen LogP contribution in [0.1, 0.15) is 5.56 Å². The summed E-state index contributed by atoms with van der Waals surface area (Å²) in [6.07, 6.45) is 2.63. The highest BCUT2D eigenvalue weighted by Gasteiger charge is 2.10. The lowest BCUT2D eigenvalue weighted by Crippen LogP contribution is -2.20. The first-order chi connectivity index (χ1) is 12.9. The smallest absolute Gasteiger partial charge is 0.331 e. The summed E-state index contributed by atoms with van der Waals surface area (Å²) < 4.78 is 28.7. The van der Waals surface area contributed by atoms with Crippen LogP contribution in [-0.4, -0.2) is 32.7 Å². The standard InChI is InChI=1S/C19H17ClFNO5/c1-25-14-6-3-12(17(10-14)26-2)4-8-19(24)27-11-18(23)22-16-9-13(20)5-7-15(16)21/h3-10H,11H2,1-2H3,(H,22,23)/b8-4+. The Kier molecular flexibility index (Phi) is 7.19. The van der Waals surface area contributed by atoms with Gasteiger partial charge in [0.15, 0.2) is 6.61 Å². The molecule has 2 aromatic rings. The molecular weight excluding hydrogens is 377 g/mol. The molecule has 0 radical (unpaired) electrons. The van der Waals surface area contributed by atoms with Gasteiger partial charge in [-0.1, -0.05) is 11.6 Å². The van der Waals surface area contributed by atoms with Gasteiger partial charge < -0.3 is 19.5 Å². The second-order valence-electron chi connectivity index (χ2n) is 5.22. The van der Waals surface area contributed by atoms with Gasteiger partial charge in [-0.2, -0.15) is 0 Å². The number of carbonyl (C=O) groups excluding carboxylic acids is 2. The molecule has 2 rings (SSSR count). The summed E-state index contributed by atoms with van der Waals surface area (Å²) in [5.41, 5.74) is 0.530. The van der Waals surface area contributed by atoms with Crippen molar-refractivity contribution in [2.45, 2.75) is 0 Å². The molecule has 0 bridgehead atoms. The maximum Gasteiger partial charge on any atom is 0.331 e. The largest absolute Gasteiger partial charge is 0.497 e. The van der Waals surface area contributed by atoms with E-state index in [9.17, 15) is 14.0 Å². The molecule has 0 atom stereocenters. The van der Waals surface area contributed by atoms with Crippen LogP contribution in [-0.2, 0) is 14.3 Å². The monoisotopic (exact) mass is 393 g/mol. The Morgan fingerprint density at radius 3 is 2.63 bits per heavy atom. The Balaban J connectivity index is 1.91. The number of methoxy groups -OCH3 is 2. The zero-order chi connectivity index (χ0) is 19.8. The van der Waals surface area contributed by atoms with E-state index in [2.05, 4.69) is 5.32 Å². The molecule has 1 N–H and O–H groups in total. The van der Waals surface area contributed by atoms with Crippen molar-refractivity contribution < 1.29 is 28.2 Å². The summed E-state index contributed by atoms with van der Waals surface area (Å²) in [5.74, 6) is -0.968. The fraction of sp³-hybridized carbons (Fsp3) is 0.158. The Bertz CT molecular complexity index is 869. The van der Waals surface area contributed by atoms with Crippen LogP contribution < -0.4 is 14.8 Å². The molecule has 27 heavy (non-hydrogen) atoms. The number of carbonyl (C=O) groups is 2. The van der Waals surface area contributed by atoms with Gasteiger partial charge in [0.2, 0.25) is 0 Å². The van der Waals surface area contributed by atoms with E-state index in [4.69, 9.17) is 25.8 Å². The highest BCUT2D eigenvalue weighted by molar-refractivity contribution is 6.30. The van der Waals surface area contributed by atoms with E-state index in [0.717, 1.165) is 12.1 Å². The van der Waals surface area contributed by atoms with E-state index in [0.29, 0.717) is 17.1 Å². The maximum atomic E-state index is 13.5. The van der Waals surface area contributed by atoms with Crippen molar-refractivity contribution in [3.8, 4) is 11.5 Å². The number of hydrogen-bond donors (Lipinski definition) is 1.